The van der Waals surface area contributed by atoms with E-state index in [9.17, 15) is 8.42 Å². The molecule has 0 bridgehead atoms. The van der Waals surface area contributed by atoms with E-state index in [0.29, 0.717) is 11.4 Å². The molecule has 3 aromatic carbocycles. The van der Waals surface area contributed by atoms with Crippen molar-refractivity contribution in [2.45, 2.75) is 23.1 Å². The van der Waals surface area contributed by atoms with Gasteiger partial charge in [-0.3, -0.25) is 0 Å². The lowest BCUT2D eigenvalue weighted by Crippen LogP contribution is -2.30. The van der Waals surface area contributed by atoms with Gasteiger partial charge < -0.3 is 0 Å². The number of nitrogens with zero attached hydrogens (tertiary/aromatic N) is 1. The first kappa shape index (κ1) is 17.7. The molecule has 1 atom stereocenters. The fraction of sp³-hybridized carbons (Fsp3) is 0.238. The van der Waals surface area contributed by atoms with Gasteiger partial charge in [0.05, 0.1) is 10.3 Å². The Bertz CT molecular complexity index is 1130. The number of thioether (sulfide) groups is 1. The molecule has 27 heavy (non-hydrogen) atoms. The van der Waals surface area contributed by atoms with Gasteiger partial charge in [0, 0.05) is 16.8 Å². The van der Waals surface area contributed by atoms with E-state index in [1.807, 2.05) is 0 Å². The summed E-state index contributed by atoms with van der Waals surface area (Å²) in [5.74, 6) is 0.809. The topological polar surface area (TPSA) is 37.4 Å². The van der Waals surface area contributed by atoms with Gasteiger partial charge in [0.1, 0.15) is 0 Å². The van der Waals surface area contributed by atoms with E-state index in [0.717, 1.165) is 28.6 Å². The molecule has 0 unspecified atom stereocenters. The molecule has 1 aliphatic heterocycles. The SMILES string of the molecule is O=S(=O)(c1ccc(Br)cc1)N1CCS[C@H]1c1ccc2c3c(cccc13)CC2. The van der Waals surface area contributed by atoms with E-state index < -0.39 is 10.0 Å². The highest BCUT2D eigenvalue weighted by Crippen LogP contribution is 2.45. The van der Waals surface area contributed by atoms with E-state index in [1.54, 1.807) is 40.3 Å². The summed E-state index contributed by atoms with van der Waals surface area (Å²) < 4.78 is 29.2. The fourth-order valence-corrected chi connectivity index (χ4v) is 7.71. The molecule has 0 spiro atoms. The van der Waals surface area contributed by atoms with Gasteiger partial charge in [-0.05, 0) is 64.6 Å². The molecule has 0 saturated carbocycles. The minimum Gasteiger partial charge on any atom is -0.207 e. The van der Waals surface area contributed by atoms with E-state index in [2.05, 4.69) is 46.3 Å². The second-order valence-corrected chi connectivity index (χ2v) is 10.9. The summed E-state index contributed by atoms with van der Waals surface area (Å²) in [4.78, 5) is 0.351. The number of benzene rings is 3. The van der Waals surface area contributed by atoms with Crippen LogP contribution in [0.3, 0.4) is 0 Å². The summed E-state index contributed by atoms with van der Waals surface area (Å²) in [6, 6.07) is 17.7. The Balaban J connectivity index is 1.62. The Labute approximate surface area is 171 Å². The number of halogens is 1. The van der Waals surface area contributed by atoms with Gasteiger partial charge in [-0.15, -0.1) is 11.8 Å². The highest BCUT2D eigenvalue weighted by atomic mass is 79.9. The Morgan fingerprint density at radius 2 is 1.70 bits per heavy atom. The number of hydrogen-bond acceptors (Lipinski definition) is 3. The lowest BCUT2D eigenvalue weighted by molar-refractivity contribution is 0.435. The van der Waals surface area contributed by atoms with Crippen LogP contribution in [0.1, 0.15) is 22.1 Å². The summed E-state index contributed by atoms with van der Waals surface area (Å²) in [6.07, 6.45) is 2.16. The van der Waals surface area contributed by atoms with Crippen molar-refractivity contribution < 1.29 is 8.42 Å². The van der Waals surface area contributed by atoms with Crippen molar-refractivity contribution in [2.75, 3.05) is 12.3 Å². The molecule has 1 aliphatic carbocycles. The Morgan fingerprint density at radius 1 is 0.963 bits per heavy atom. The molecule has 5 rings (SSSR count). The van der Waals surface area contributed by atoms with Gasteiger partial charge in [0.25, 0.3) is 0 Å². The Morgan fingerprint density at radius 3 is 2.48 bits per heavy atom. The third kappa shape index (κ3) is 2.85. The zero-order valence-electron chi connectivity index (χ0n) is 14.6. The van der Waals surface area contributed by atoms with Crippen LogP contribution in [0.4, 0.5) is 0 Å². The molecule has 0 radical (unpaired) electrons. The second-order valence-electron chi connectivity index (χ2n) is 6.95. The second kappa shape index (κ2) is 6.62. The standard InChI is InChI=1S/C21H18BrNO2S2/c22-16-7-9-17(10-8-16)27(24,25)23-12-13-26-21(23)19-11-6-15-5-4-14-2-1-3-18(19)20(14)15/h1-3,6-11,21H,4-5,12-13H2/t21-/m0/s1. The summed E-state index contributed by atoms with van der Waals surface area (Å²) in [5, 5.41) is 2.37. The molecular formula is C21H18BrNO2S2. The molecule has 2 aliphatic rings. The number of hydrogen-bond donors (Lipinski definition) is 0. The summed E-state index contributed by atoms with van der Waals surface area (Å²) in [5.41, 5.74) is 3.88. The van der Waals surface area contributed by atoms with Gasteiger partial charge in [-0.25, -0.2) is 8.42 Å². The first-order chi connectivity index (χ1) is 13.1. The molecule has 1 fully saturated rings. The van der Waals surface area contributed by atoms with Gasteiger partial charge in [0.2, 0.25) is 10.0 Å². The number of rotatable bonds is 3. The average molecular weight is 460 g/mol. The minimum atomic E-state index is -3.53. The van der Waals surface area contributed by atoms with Crippen LogP contribution in [0.25, 0.3) is 10.8 Å². The molecule has 3 aromatic rings. The smallest absolute Gasteiger partial charge is 0.207 e. The molecule has 0 aromatic heterocycles. The van der Waals surface area contributed by atoms with Crippen molar-refractivity contribution in [3.05, 3.63) is 75.8 Å². The predicted molar refractivity (Wildman–Crippen MR) is 115 cm³/mol. The van der Waals surface area contributed by atoms with Gasteiger partial charge >= 0.3 is 0 Å². The van der Waals surface area contributed by atoms with Gasteiger partial charge in [0.15, 0.2) is 0 Å². The molecule has 1 saturated heterocycles. The molecule has 0 N–H and O–H groups in total. The average Bonchev–Trinajstić information content (AvgIpc) is 3.32. The first-order valence-corrected chi connectivity index (χ1v) is 12.3. The first-order valence-electron chi connectivity index (χ1n) is 8.98. The number of sulfonamides is 1. The Hall–Kier alpha value is -1.34. The number of aryl methyl sites for hydroxylation is 2. The molecular weight excluding hydrogens is 442 g/mol. The van der Waals surface area contributed by atoms with E-state index in [4.69, 9.17) is 0 Å². The van der Waals surface area contributed by atoms with Crippen molar-refractivity contribution in [2.24, 2.45) is 0 Å². The molecule has 1 heterocycles. The molecule has 6 heteroatoms. The van der Waals surface area contributed by atoms with E-state index >= 15 is 0 Å². The zero-order chi connectivity index (χ0) is 18.6. The molecule has 138 valence electrons. The minimum absolute atomic E-state index is 0.177. The van der Waals surface area contributed by atoms with Gasteiger partial charge in [-0.2, -0.15) is 4.31 Å². The van der Waals surface area contributed by atoms with Crippen molar-refractivity contribution in [3.8, 4) is 0 Å². The third-order valence-electron chi connectivity index (χ3n) is 5.45. The van der Waals surface area contributed by atoms with E-state index in [1.165, 1.54) is 21.9 Å². The monoisotopic (exact) mass is 459 g/mol. The van der Waals surface area contributed by atoms with Crippen molar-refractivity contribution in [3.63, 3.8) is 0 Å². The maximum atomic E-state index is 13.3. The highest BCUT2D eigenvalue weighted by Gasteiger charge is 2.38. The zero-order valence-corrected chi connectivity index (χ0v) is 17.8. The van der Waals surface area contributed by atoms with E-state index in [-0.39, 0.29) is 5.37 Å². The van der Waals surface area contributed by atoms with Crippen molar-refractivity contribution >= 4 is 48.5 Å². The lowest BCUT2D eigenvalue weighted by Gasteiger charge is -2.25. The predicted octanol–water partition coefficient (Wildman–Crippen LogP) is 5.14. The summed E-state index contributed by atoms with van der Waals surface area (Å²) >= 11 is 5.09. The third-order valence-corrected chi connectivity index (χ3v) is 9.23. The van der Waals surface area contributed by atoms with Crippen LogP contribution in [0.2, 0.25) is 0 Å². The van der Waals surface area contributed by atoms with Crippen molar-refractivity contribution in [1.82, 2.24) is 4.31 Å². The van der Waals surface area contributed by atoms with Crippen molar-refractivity contribution in [1.29, 1.82) is 0 Å². The van der Waals surface area contributed by atoms with Crippen LogP contribution in [0.5, 0.6) is 0 Å². The normalized spacial score (nSPS) is 19.8. The Kier molecular flexibility index (Phi) is 4.35. The van der Waals surface area contributed by atoms with Crippen LogP contribution in [0.15, 0.2) is 64.0 Å². The highest BCUT2D eigenvalue weighted by molar-refractivity contribution is 9.10. The van der Waals surface area contributed by atoms with Crippen LogP contribution >= 0.6 is 27.7 Å². The lowest BCUT2D eigenvalue weighted by atomic mass is 10.00. The molecule has 0 amide bonds. The van der Waals surface area contributed by atoms with Gasteiger partial charge in [-0.1, -0.05) is 46.3 Å². The maximum absolute atomic E-state index is 13.3. The van der Waals surface area contributed by atoms with Crippen LogP contribution < -0.4 is 0 Å². The maximum Gasteiger partial charge on any atom is 0.244 e. The summed E-state index contributed by atoms with van der Waals surface area (Å²) in [7, 11) is -3.53. The van der Waals surface area contributed by atoms with Crippen LogP contribution in [0, 0.1) is 0 Å². The largest absolute Gasteiger partial charge is 0.244 e. The summed E-state index contributed by atoms with van der Waals surface area (Å²) in [6.45, 7) is 0.538. The van der Waals surface area contributed by atoms with Crippen LogP contribution in [-0.4, -0.2) is 25.0 Å². The quantitative estimate of drug-likeness (QED) is 0.544. The van der Waals surface area contributed by atoms with Crippen LogP contribution in [-0.2, 0) is 22.9 Å². The fourth-order valence-electron chi connectivity index (χ4n) is 4.17. The molecule has 3 nitrogen and oxygen atoms in total.